The third-order valence-electron chi connectivity index (χ3n) is 6.85. The van der Waals surface area contributed by atoms with Crippen LogP contribution in [0.5, 0.6) is 11.5 Å². The van der Waals surface area contributed by atoms with Gasteiger partial charge in [-0.1, -0.05) is 13.8 Å². The highest BCUT2D eigenvalue weighted by molar-refractivity contribution is 6.03. The monoisotopic (exact) mass is 479 g/mol. The summed E-state index contributed by atoms with van der Waals surface area (Å²) < 4.78 is 6.00. The summed E-state index contributed by atoms with van der Waals surface area (Å²) in [6.45, 7) is 7.74. The Labute approximate surface area is 205 Å². The molecule has 0 spiro atoms. The third kappa shape index (κ3) is 5.85. The Morgan fingerprint density at radius 3 is 2.57 bits per heavy atom. The highest BCUT2D eigenvalue weighted by Gasteiger charge is 2.41. The number of rotatable bonds is 6. The number of pyridine rings is 2. The van der Waals surface area contributed by atoms with E-state index in [1.54, 1.807) is 37.4 Å². The number of carbonyl (C=O) groups is 3. The largest absolute Gasteiger partial charge is 0.455 e. The molecule has 0 atom stereocenters. The highest BCUT2D eigenvalue weighted by Crippen LogP contribution is 2.31. The first-order valence-electron chi connectivity index (χ1n) is 12.1. The number of ketones is 1. The number of hydrogen-bond donors (Lipinski definition) is 1. The molecule has 0 aliphatic carbocycles. The van der Waals surface area contributed by atoms with Crippen molar-refractivity contribution >= 4 is 23.5 Å². The topological polar surface area (TPSA) is 105 Å². The van der Waals surface area contributed by atoms with Crippen LogP contribution in [-0.4, -0.2) is 64.2 Å². The van der Waals surface area contributed by atoms with E-state index < -0.39 is 11.4 Å². The van der Waals surface area contributed by atoms with Gasteiger partial charge < -0.3 is 9.64 Å². The molecular weight excluding hydrogens is 446 g/mol. The summed E-state index contributed by atoms with van der Waals surface area (Å²) in [6.07, 6.45) is 4.35. The van der Waals surface area contributed by atoms with Crippen LogP contribution in [0.15, 0.2) is 30.5 Å². The number of amides is 3. The van der Waals surface area contributed by atoms with Crippen molar-refractivity contribution in [2.24, 2.45) is 11.3 Å². The number of carbonyl (C=O) groups excluding carboxylic acids is 3. The van der Waals surface area contributed by atoms with Gasteiger partial charge in [0.25, 0.3) is 0 Å². The Bertz CT molecular complexity index is 1120. The molecule has 1 N–H and O–H groups in total. The van der Waals surface area contributed by atoms with Crippen LogP contribution < -0.4 is 10.1 Å². The van der Waals surface area contributed by atoms with Gasteiger partial charge in [0, 0.05) is 36.6 Å². The van der Waals surface area contributed by atoms with Crippen LogP contribution in [-0.2, 0) is 16.0 Å². The molecule has 9 heteroatoms. The van der Waals surface area contributed by atoms with Crippen molar-refractivity contribution in [3.63, 3.8) is 0 Å². The standard InChI is InChI=1S/C26H33N5O4/c1-17-22(5-6-23(28-17)29-25(34)31-14-10-26(2,3)24(31)33)35-20-7-11-27-19(15-20)16-21(32)18-8-12-30(4)13-9-18/h5-7,11,15,18H,8-10,12-14,16H2,1-4H3,(H,28,29,34). The van der Waals surface area contributed by atoms with Gasteiger partial charge in [-0.25, -0.2) is 9.78 Å². The first-order valence-corrected chi connectivity index (χ1v) is 12.1. The Morgan fingerprint density at radius 2 is 1.91 bits per heavy atom. The average Bonchev–Trinajstić information content (AvgIpc) is 3.09. The van der Waals surface area contributed by atoms with Crippen molar-refractivity contribution in [3.8, 4) is 11.5 Å². The smallest absolute Gasteiger partial charge is 0.329 e. The second kappa shape index (κ2) is 10.1. The maximum absolute atomic E-state index is 12.7. The van der Waals surface area contributed by atoms with Gasteiger partial charge in [0.15, 0.2) is 0 Å². The van der Waals surface area contributed by atoms with Crippen molar-refractivity contribution in [2.45, 2.75) is 46.5 Å². The van der Waals surface area contributed by atoms with E-state index >= 15 is 0 Å². The molecule has 0 bridgehead atoms. The second-order valence-electron chi connectivity index (χ2n) is 10.1. The fourth-order valence-electron chi connectivity index (χ4n) is 4.46. The minimum absolute atomic E-state index is 0.0914. The number of nitrogens with one attached hydrogen (secondary N) is 1. The van der Waals surface area contributed by atoms with Crippen LogP contribution in [0.3, 0.4) is 0 Å². The number of nitrogens with zero attached hydrogens (tertiary/aromatic N) is 4. The van der Waals surface area contributed by atoms with Gasteiger partial charge >= 0.3 is 6.03 Å². The number of hydrogen-bond acceptors (Lipinski definition) is 7. The lowest BCUT2D eigenvalue weighted by Crippen LogP contribution is -2.39. The van der Waals surface area contributed by atoms with Crippen molar-refractivity contribution in [1.29, 1.82) is 0 Å². The van der Waals surface area contributed by atoms with Crippen LogP contribution in [0.25, 0.3) is 0 Å². The zero-order valence-electron chi connectivity index (χ0n) is 20.8. The molecule has 3 amide bonds. The summed E-state index contributed by atoms with van der Waals surface area (Å²) in [6, 6.07) is 6.39. The molecule has 2 aromatic heterocycles. The highest BCUT2D eigenvalue weighted by atomic mass is 16.5. The van der Waals surface area contributed by atoms with Crippen LogP contribution in [0, 0.1) is 18.3 Å². The first kappa shape index (κ1) is 24.8. The lowest BCUT2D eigenvalue weighted by Gasteiger charge is -2.27. The molecule has 0 radical (unpaired) electrons. The van der Waals surface area contributed by atoms with E-state index in [0.29, 0.717) is 48.1 Å². The number of aryl methyl sites for hydroxylation is 1. The number of ether oxygens (including phenoxy) is 1. The fraction of sp³-hybridized carbons (Fsp3) is 0.500. The Kier molecular flexibility index (Phi) is 7.16. The minimum atomic E-state index is -0.528. The van der Waals surface area contributed by atoms with Gasteiger partial charge in [0.1, 0.15) is 23.1 Å². The minimum Gasteiger partial charge on any atom is -0.455 e. The summed E-state index contributed by atoms with van der Waals surface area (Å²) in [5.41, 5.74) is 0.732. The van der Waals surface area contributed by atoms with Gasteiger partial charge in [-0.2, -0.15) is 0 Å². The molecule has 4 rings (SSSR count). The summed E-state index contributed by atoms with van der Waals surface area (Å²) in [7, 11) is 2.08. The normalized spacial score (nSPS) is 18.5. The van der Waals surface area contributed by atoms with Crippen LogP contribution in [0.2, 0.25) is 0 Å². The summed E-state index contributed by atoms with van der Waals surface area (Å²) >= 11 is 0. The van der Waals surface area contributed by atoms with Gasteiger partial charge in [-0.05, 0) is 64.5 Å². The van der Waals surface area contributed by atoms with E-state index in [0.717, 1.165) is 25.9 Å². The number of anilines is 1. The SMILES string of the molecule is Cc1nc(NC(=O)N2CCC(C)(C)C2=O)ccc1Oc1ccnc(CC(=O)C2CCN(C)CC2)c1. The Hall–Kier alpha value is -3.33. The summed E-state index contributed by atoms with van der Waals surface area (Å²) in [5.74, 6) is 1.57. The van der Waals surface area contributed by atoms with E-state index in [1.165, 1.54) is 4.90 Å². The predicted molar refractivity (Wildman–Crippen MR) is 131 cm³/mol. The maximum Gasteiger partial charge on any atom is 0.329 e. The molecule has 2 aromatic rings. The van der Waals surface area contributed by atoms with Gasteiger partial charge in [0.2, 0.25) is 5.91 Å². The number of Topliss-reactive ketones (excluding diaryl/α,β-unsaturated/α-hetero) is 1. The second-order valence-corrected chi connectivity index (χ2v) is 10.1. The number of aromatic nitrogens is 2. The predicted octanol–water partition coefficient (Wildman–Crippen LogP) is 3.82. The molecule has 0 saturated carbocycles. The molecule has 9 nitrogen and oxygen atoms in total. The van der Waals surface area contributed by atoms with E-state index in [9.17, 15) is 14.4 Å². The average molecular weight is 480 g/mol. The summed E-state index contributed by atoms with van der Waals surface area (Å²) in [4.78, 5) is 49.9. The number of piperidine rings is 1. The number of urea groups is 1. The third-order valence-corrected chi connectivity index (χ3v) is 6.85. The lowest BCUT2D eigenvalue weighted by atomic mass is 9.90. The molecule has 35 heavy (non-hydrogen) atoms. The number of imide groups is 1. The first-order chi connectivity index (χ1) is 16.6. The van der Waals surface area contributed by atoms with E-state index in [1.807, 2.05) is 13.8 Å². The molecule has 0 aromatic carbocycles. The molecule has 2 fully saturated rings. The Morgan fingerprint density at radius 1 is 1.17 bits per heavy atom. The van der Waals surface area contributed by atoms with Gasteiger partial charge in [-0.15, -0.1) is 0 Å². The molecule has 2 aliphatic rings. The molecule has 0 unspecified atom stereocenters. The zero-order valence-corrected chi connectivity index (χ0v) is 20.8. The quantitative estimate of drug-likeness (QED) is 0.671. The van der Waals surface area contributed by atoms with Crippen molar-refractivity contribution < 1.29 is 19.1 Å². The molecular formula is C26H33N5O4. The zero-order chi connectivity index (χ0) is 25.2. The maximum atomic E-state index is 12.7. The van der Waals surface area contributed by atoms with Crippen molar-refractivity contribution in [1.82, 2.24) is 19.8 Å². The molecule has 4 heterocycles. The van der Waals surface area contributed by atoms with Gasteiger partial charge in [-0.3, -0.25) is 24.8 Å². The van der Waals surface area contributed by atoms with E-state index in [-0.39, 0.29) is 17.6 Å². The summed E-state index contributed by atoms with van der Waals surface area (Å²) in [5, 5.41) is 2.70. The molecule has 2 aliphatic heterocycles. The van der Waals surface area contributed by atoms with Crippen LogP contribution >= 0.6 is 0 Å². The number of likely N-dealkylation sites (tertiary alicyclic amines) is 2. The fourth-order valence-corrected chi connectivity index (χ4v) is 4.46. The van der Waals surface area contributed by atoms with E-state index in [4.69, 9.17) is 4.74 Å². The molecule has 2 saturated heterocycles. The lowest BCUT2D eigenvalue weighted by molar-refractivity contribution is -0.132. The van der Waals surface area contributed by atoms with Gasteiger partial charge in [0.05, 0.1) is 11.4 Å². The van der Waals surface area contributed by atoms with E-state index in [2.05, 4.69) is 27.2 Å². The van der Waals surface area contributed by atoms with Crippen molar-refractivity contribution in [3.05, 3.63) is 41.9 Å². The molecule has 186 valence electrons. The Balaban J connectivity index is 1.37. The van der Waals surface area contributed by atoms with Crippen LogP contribution in [0.4, 0.5) is 10.6 Å². The van der Waals surface area contributed by atoms with Crippen LogP contribution in [0.1, 0.15) is 44.5 Å². The van der Waals surface area contributed by atoms with Crippen molar-refractivity contribution in [2.75, 3.05) is 32.0 Å².